The number of likely N-dealkylation sites (N-methyl/N-ethyl adjacent to an activating group) is 2. The summed E-state index contributed by atoms with van der Waals surface area (Å²) in [4.78, 5) is 16.7. The van der Waals surface area contributed by atoms with Gasteiger partial charge < -0.3 is 20.3 Å². The van der Waals surface area contributed by atoms with Crippen molar-refractivity contribution in [2.24, 2.45) is 17.1 Å². The molecule has 1 aliphatic heterocycles. The first-order chi connectivity index (χ1) is 9.23. The van der Waals surface area contributed by atoms with Crippen LogP contribution in [-0.4, -0.2) is 68.2 Å². The van der Waals surface area contributed by atoms with Crippen LogP contribution in [-0.2, 0) is 9.53 Å². The maximum Gasteiger partial charge on any atom is 0.243 e. The zero-order valence-corrected chi connectivity index (χ0v) is 13.5. The van der Waals surface area contributed by atoms with Gasteiger partial charge in [0.05, 0.1) is 6.10 Å². The third-order valence-electron chi connectivity index (χ3n) is 5.27. The van der Waals surface area contributed by atoms with Crippen molar-refractivity contribution in [2.75, 3.05) is 40.8 Å². The highest BCUT2D eigenvalue weighted by molar-refractivity contribution is 5.89. The molecule has 116 valence electrons. The number of carbonyl (C=O) groups excluding carboxylic acids is 1. The lowest BCUT2D eigenvalue weighted by molar-refractivity contribution is -0.229. The van der Waals surface area contributed by atoms with Gasteiger partial charge in [0.15, 0.2) is 0 Å². The number of hydrogen-bond acceptors (Lipinski definition) is 4. The lowest BCUT2D eigenvalue weighted by atomic mass is 9.46. The van der Waals surface area contributed by atoms with Crippen LogP contribution in [0.2, 0.25) is 0 Å². The Hall–Kier alpha value is -0.650. The van der Waals surface area contributed by atoms with Gasteiger partial charge in [-0.3, -0.25) is 4.79 Å². The molecular formula is C15H29N3O2. The van der Waals surface area contributed by atoms with Crippen LogP contribution in [0, 0.1) is 11.3 Å². The van der Waals surface area contributed by atoms with E-state index >= 15 is 0 Å². The molecule has 5 nitrogen and oxygen atoms in total. The van der Waals surface area contributed by atoms with Crippen LogP contribution in [0.15, 0.2) is 0 Å². The minimum Gasteiger partial charge on any atom is -0.377 e. The molecule has 1 saturated heterocycles. The van der Waals surface area contributed by atoms with E-state index in [1.807, 2.05) is 21.1 Å². The molecule has 0 aromatic carbocycles. The lowest BCUT2D eigenvalue weighted by Crippen LogP contribution is -2.82. The number of rotatable bonds is 4. The summed E-state index contributed by atoms with van der Waals surface area (Å²) in [7, 11) is 5.87. The van der Waals surface area contributed by atoms with Crippen molar-refractivity contribution in [3.63, 3.8) is 0 Å². The Bertz CT molecular complexity index is 383. The molecule has 3 atom stereocenters. The van der Waals surface area contributed by atoms with Crippen molar-refractivity contribution in [1.29, 1.82) is 0 Å². The van der Waals surface area contributed by atoms with Crippen molar-refractivity contribution in [1.82, 2.24) is 9.80 Å². The molecule has 1 aliphatic carbocycles. The fourth-order valence-electron chi connectivity index (χ4n) is 3.78. The van der Waals surface area contributed by atoms with Crippen LogP contribution in [0.4, 0.5) is 0 Å². The Labute approximate surface area is 122 Å². The Balaban J connectivity index is 2.11. The Morgan fingerprint density at radius 2 is 1.95 bits per heavy atom. The average molecular weight is 283 g/mol. The summed E-state index contributed by atoms with van der Waals surface area (Å²) in [6.07, 6.45) is 2.13. The quantitative estimate of drug-likeness (QED) is 0.818. The van der Waals surface area contributed by atoms with Gasteiger partial charge in [0.2, 0.25) is 5.91 Å². The van der Waals surface area contributed by atoms with E-state index in [1.54, 1.807) is 4.90 Å². The Morgan fingerprint density at radius 3 is 2.55 bits per heavy atom. The maximum absolute atomic E-state index is 12.9. The summed E-state index contributed by atoms with van der Waals surface area (Å²) < 4.78 is 5.86. The number of nitrogens with zero attached hydrogens (tertiary/aromatic N) is 2. The second-order valence-electron chi connectivity index (χ2n) is 7.16. The van der Waals surface area contributed by atoms with Crippen molar-refractivity contribution in [3.05, 3.63) is 0 Å². The largest absolute Gasteiger partial charge is 0.377 e. The summed E-state index contributed by atoms with van der Waals surface area (Å²) in [5, 5.41) is 0. The molecule has 0 radical (unpaired) electrons. The number of ether oxygens (including phenoxy) is 1. The summed E-state index contributed by atoms with van der Waals surface area (Å²) >= 11 is 0. The fraction of sp³-hybridized carbons (Fsp3) is 0.933. The van der Waals surface area contributed by atoms with E-state index in [4.69, 9.17) is 10.5 Å². The zero-order chi connectivity index (χ0) is 15.1. The molecular weight excluding hydrogens is 254 g/mol. The van der Waals surface area contributed by atoms with E-state index in [2.05, 4.69) is 18.7 Å². The number of fused-ring (bicyclic) bond motifs is 1. The average Bonchev–Trinajstić information content (AvgIpc) is 2.42. The van der Waals surface area contributed by atoms with Gasteiger partial charge in [-0.15, -0.1) is 0 Å². The number of carbonyl (C=O) groups is 1. The van der Waals surface area contributed by atoms with Crippen LogP contribution in [0.5, 0.6) is 0 Å². The molecule has 2 N–H and O–H groups in total. The monoisotopic (exact) mass is 283 g/mol. The standard InChI is InChI=1S/C15H29N3O2/c1-14(2)12-11(7-6-10-20-12)15(14,16)13(19)18(5)9-8-17(3)4/h11-12H,6-10,16H2,1-5H3. The molecule has 0 spiro atoms. The maximum atomic E-state index is 12.9. The molecule has 2 aliphatic rings. The number of hydrogen-bond donors (Lipinski definition) is 1. The molecule has 0 aromatic rings. The van der Waals surface area contributed by atoms with Crippen molar-refractivity contribution in [3.8, 4) is 0 Å². The Morgan fingerprint density at radius 1 is 1.30 bits per heavy atom. The summed E-state index contributed by atoms with van der Waals surface area (Å²) in [5.74, 6) is 0.233. The minimum absolute atomic E-state index is 0.0658. The first kappa shape index (κ1) is 15.7. The van der Waals surface area contributed by atoms with Gasteiger partial charge in [-0.25, -0.2) is 0 Å². The molecule has 1 heterocycles. The SMILES string of the molecule is CN(C)CCN(C)C(=O)C1(N)C2CCCOC2C1(C)C. The van der Waals surface area contributed by atoms with Crippen LogP contribution < -0.4 is 5.73 Å². The fourth-order valence-corrected chi connectivity index (χ4v) is 3.78. The van der Waals surface area contributed by atoms with Crippen LogP contribution in [0.3, 0.4) is 0 Å². The van der Waals surface area contributed by atoms with E-state index in [9.17, 15) is 4.79 Å². The smallest absolute Gasteiger partial charge is 0.243 e. The second kappa shape index (κ2) is 5.28. The molecule has 1 saturated carbocycles. The Kier molecular flexibility index (Phi) is 4.15. The van der Waals surface area contributed by atoms with Gasteiger partial charge in [0, 0.05) is 38.1 Å². The molecule has 20 heavy (non-hydrogen) atoms. The van der Waals surface area contributed by atoms with Crippen molar-refractivity contribution < 1.29 is 9.53 Å². The minimum atomic E-state index is -0.779. The third-order valence-corrected chi connectivity index (χ3v) is 5.27. The highest BCUT2D eigenvalue weighted by atomic mass is 16.5. The molecule has 5 heteroatoms. The van der Waals surface area contributed by atoms with Gasteiger partial charge in [-0.1, -0.05) is 13.8 Å². The summed E-state index contributed by atoms with van der Waals surface area (Å²) in [6.45, 7) is 6.49. The van der Waals surface area contributed by atoms with Gasteiger partial charge in [0.25, 0.3) is 0 Å². The van der Waals surface area contributed by atoms with E-state index in [0.717, 1.165) is 26.0 Å². The van der Waals surface area contributed by atoms with E-state index in [0.29, 0.717) is 6.54 Å². The number of amides is 1. The second-order valence-corrected chi connectivity index (χ2v) is 7.16. The predicted octanol–water partition coefficient (Wildman–Crippen LogP) is 0.539. The molecule has 0 bridgehead atoms. The topological polar surface area (TPSA) is 58.8 Å². The highest BCUT2D eigenvalue weighted by Crippen LogP contribution is 2.57. The predicted molar refractivity (Wildman–Crippen MR) is 79.4 cm³/mol. The highest BCUT2D eigenvalue weighted by Gasteiger charge is 2.70. The van der Waals surface area contributed by atoms with Gasteiger partial charge in [-0.05, 0) is 26.9 Å². The first-order valence-corrected chi connectivity index (χ1v) is 7.53. The molecule has 2 rings (SSSR count). The molecule has 1 amide bonds. The van der Waals surface area contributed by atoms with Gasteiger partial charge in [-0.2, -0.15) is 0 Å². The normalized spacial score (nSPS) is 35.4. The molecule has 2 fully saturated rings. The van der Waals surface area contributed by atoms with E-state index < -0.39 is 5.54 Å². The van der Waals surface area contributed by atoms with Gasteiger partial charge in [0.1, 0.15) is 5.54 Å². The zero-order valence-electron chi connectivity index (χ0n) is 13.5. The van der Waals surface area contributed by atoms with Crippen molar-refractivity contribution in [2.45, 2.75) is 38.3 Å². The lowest BCUT2D eigenvalue weighted by Gasteiger charge is -2.65. The van der Waals surface area contributed by atoms with E-state index in [1.165, 1.54) is 0 Å². The van der Waals surface area contributed by atoms with Crippen LogP contribution in [0.25, 0.3) is 0 Å². The first-order valence-electron chi connectivity index (χ1n) is 7.53. The number of nitrogens with two attached hydrogens (primary N) is 1. The summed E-state index contributed by atoms with van der Waals surface area (Å²) in [5.41, 5.74) is 5.53. The van der Waals surface area contributed by atoms with Crippen molar-refractivity contribution >= 4 is 5.91 Å². The molecule has 3 unspecified atom stereocenters. The van der Waals surface area contributed by atoms with Crippen LogP contribution in [0.1, 0.15) is 26.7 Å². The summed E-state index contributed by atoms with van der Waals surface area (Å²) in [6, 6.07) is 0. The molecule has 0 aromatic heterocycles. The van der Waals surface area contributed by atoms with Crippen LogP contribution >= 0.6 is 0 Å². The van der Waals surface area contributed by atoms with Gasteiger partial charge >= 0.3 is 0 Å². The van der Waals surface area contributed by atoms with E-state index in [-0.39, 0.29) is 23.3 Å². The third kappa shape index (κ3) is 2.16.